The third-order valence-electron chi connectivity index (χ3n) is 3.71. The molecule has 2 heterocycles. The normalized spacial score (nSPS) is 23.5. The topological polar surface area (TPSA) is 59.1 Å². The second kappa shape index (κ2) is 6.81. The molecule has 4 nitrogen and oxygen atoms in total. The summed E-state index contributed by atoms with van der Waals surface area (Å²) in [6.45, 7) is 4.05. The van der Waals surface area contributed by atoms with Gasteiger partial charge in [0.25, 0.3) is 0 Å². The van der Waals surface area contributed by atoms with Crippen molar-refractivity contribution in [3.8, 4) is 0 Å². The zero-order chi connectivity index (χ0) is 13.7. The summed E-state index contributed by atoms with van der Waals surface area (Å²) in [5.41, 5.74) is 1.84. The van der Waals surface area contributed by atoms with Crippen LogP contribution >= 0.6 is 11.3 Å². The van der Waals surface area contributed by atoms with Gasteiger partial charge in [-0.15, -0.1) is 11.3 Å². The molecule has 0 bridgehead atoms. The first kappa shape index (κ1) is 14.9. The van der Waals surface area contributed by atoms with E-state index in [0.29, 0.717) is 23.3 Å². The van der Waals surface area contributed by atoms with E-state index in [4.69, 9.17) is 0 Å². The van der Waals surface area contributed by atoms with Crippen LogP contribution in [0.4, 0.5) is 0 Å². The monoisotopic (exact) mass is 302 g/mol. The van der Waals surface area contributed by atoms with Crippen molar-refractivity contribution >= 4 is 21.2 Å². The van der Waals surface area contributed by atoms with Crippen LogP contribution in [0.5, 0.6) is 0 Å². The van der Waals surface area contributed by atoms with Gasteiger partial charge >= 0.3 is 0 Å². The number of nitrogens with one attached hydrogen (secondary N) is 1. The first-order valence-electron chi connectivity index (χ1n) is 6.89. The lowest BCUT2D eigenvalue weighted by Gasteiger charge is -2.22. The Balaban J connectivity index is 1.97. The highest BCUT2D eigenvalue weighted by Crippen LogP contribution is 2.29. The molecule has 1 aromatic rings. The van der Waals surface area contributed by atoms with Gasteiger partial charge in [0.1, 0.15) is 0 Å². The number of hydrogen-bond donors (Lipinski definition) is 1. The van der Waals surface area contributed by atoms with Gasteiger partial charge in [-0.3, -0.25) is 4.98 Å². The Bertz CT molecular complexity index is 471. The second-order valence-corrected chi connectivity index (χ2v) is 8.50. The van der Waals surface area contributed by atoms with Crippen molar-refractivity contribution in [3.05, 3.63) is 16.6 Å². The van der Waals surface area contributed by atoms with E-state index in [-0.39, 0.29) is 0 Å². The number of thiazole rings is 1. The summed E-state index contributed by atoms with van der Waals surface area (Å²) in [7, 11) is -2.79. The first-order valence-corrected chi connectivity index (χ1v) is 9.59. The van der Waals surface area contributed by atoms with Gasteiger partial charge in [-0.25, -0.2) is 8.42 Å². The number of hydrogen-bond acceptors (Lipinski definition) is 5. The third kappa shape index (κ3) is 4.54. The number of rotatable bonds is 7. The average Bonchev–Trinajstić information content (AvgIpc) is 2.97. The van der Waals surface area contributed by atoms with E-state index < -0.39 is 9.84 Å². The molecular formula is C13H22N2O2S2. The molecule has 0 radical (unpaired) electrons. The second-order valence-electron chi connectivity index (χ2n) is 5.30. The highest BCUT2D eigenvalue weighted by molar-refractivity contribution is 7.91. The molecule has 1 saturated heterocycles. The predicted octanol–water partition coefficient (Wildman–Crippen LogP) is 1.74. The number of sulfone groups is 1. The van der Waals surface area contributed by atoms with Crippen LogP contribution < -0.4 is 5.32 Å². The molecule has 0 spiro atoms. The molecule has 1 aliphatic heterocycles. The summed E-state index contributed by atoms with van der Waals surface area (Å²) >= 11 is 1.66. The van der Waals surface area contributed by atoms with E-state index >= 15 is 0 Å². The lowest BCUT2D eigenvalue weighted by Crippen LogP contribution is -2.31. The Morgan fingerprint density at radius 1 is 1.58 bits per heavy atom. The van der Waals surface area contributed by atoms with Crippen LogP contribution in [-0.2, 0) is 16.3 Å². The van der Waals surface area contributed by atoms with Crippen molar-refractivity contribution in [1.29, 1.82) is 0 Å². The van der Waals surface area contributed by atoms with Gasteiger partial charge in [0.15, 0.2) is 9.84 Å². The molecule has 1 fully saturated rings. The SMILES string of the molecule is CCCNCC(Cc1cncs1)C1CCS(=O)(=O)C1. The quantitative estimate of drug-likeness (QED) is 0.779. The molecule has 0 saturated carbocycles. The number of nitrogens with zero attached hydrogens (tertiary/aromatic N) is 1. The molecule has 1 N–H and O–H groups in total. The van der Waals surface area contributed by atoms with Crippen LogP contribution in [0.25, 0.3) is 0 Å². The molecule has 6 heteroatoms. The zero-order valence-corrected chi connectivity index (χ0v) is 13.0. The lowest BCUT2D eigenvalue weighted by molar-refractivity contribution is 0.345. The number of aromatic nitrogens is 1. The summed E-state index contributed by atoms with van der Waals surface area (Å²) < 4.78 is 23.3. The molecule has 1 aromatic heterocycles. The largest absolute Gasteiger partial charge is 0.316 e. The molecule has 19 heavy (non-hydrogen) atoms. The molecular weight excluding hydrogens is 280 g/mol. The van der Waals surface area contributed by atoms with Gasteiger partial charge in [0.05, 0.1) is 17.0 Å². The van der Waals surface area contributed by atoms with Crippen LogP contribution in [0.2, 0.25) is 0 Å². The Hall–Kier alpha value is -0.460. The van der Waals surface area contributed by atoms with Crippen molar-refractivity contribution in [2.45, 2.75) is 26.2 Å². The summed E-state index contributed by atoms with van der Waals surface area (Å²) in [6, 6.07) is 0. The smallest absolute Gasteiger partial charge is 0.150 e. The fraction of sp³-hybridized carbons (Fsp3) is 0.769. The highest BCUT2D eigenvalue weighted by Gasteiger charge is 2.33. The van der Waals surface area contributed by atoms with Gasteiger partial charge in [0, 0.05) is 11.1 Å². The van der Waals surface area contributed by atoms with Crippen LogP contribution in [0, 0.1) is 11.8 Å². The third-order valence-corrected chi connectivity index (χ3v) is 6.31. The summed E-state index contributed by atoms with van der Waals surface area (Å²) in [5.74, 6) is 1.44. The molecule has 0 aromatic carbocycles. The predicted molar refractivity (Wildman–Crippen MR) is 79.2 cm³/mol. The van der Waals surface area contributed by atoms with E-state index in [2.05, 4.69) is 17.2 Å². The first-order chi connectivity index (χ1) is 9.11. The van der Waals surface area contributed by atoms with Crippen LogP contribution in [0.1, 0.15) is 24.6 Å². The molecule has 0 amide bonds. The van der Waals surface area contributed by atoms with Gasteiger partial charge in [-0.05, 0) is 44.2 Å². The maximum Gasteiger partial charge on any atom is 0.150 e. The molecule has 108 valence electrons. The van der Waals surface area contributed by atoms with E-state index in [1.807, 2.05) is 11.7 Å². The fourth-order valence-electron chi connectivity index (χ4n) is 2.67. The van der Waals surface area contributed by atoms with Crippen molar-refractivity contribution < 1.29 is 8.42 Å². The van der Waals surface area contributed by atoms with E-state index in [1.165, 1.54) is 4.88 Å². The highest BCUT2D eigenvalue weighted by atomic mass is 32.2. The van der Waals surface area contributed by atoms with Crippen LogP contribution in [0.3, 0.4) is 0 Å². The Morgan fingerprint density at radius 3 is 3.00 bits per heavy atom. The van der Waals surface area contributed by atoms with Crippen molar-refractivity contribution in [2.24, 2.45) is 11.8 Å². The van der Waals surface area contributed by atoms with E-state index in [9.17, 15) is 8.42 Å². The minimum atomic E-state index is -2.79. The van der Waals surface area contributed by atoms with Crippen LogP contribution in [0.15, 0.2) is 11.7 Å². The van der Waals surface area contributed by atoms with Gasteiger partial charge in [-0.2, -0.15) is 0 Å². The maximum absolute atomic E-state index is 11.6. The molecule has 2 unspecified atom stereocenters. The van der Waals surface area contributed by atoms with Crippen molar-refractivity contribution in [2.75, 3.05) is 24.6 Å². The molecule has 1 aliphatic rings. The standard InChI is InChI=1S/C13H22N2O2S2/c1-2-4-14-7-12(6-13-8-15-10-18-13)11-3-5-19(16,17)9-11/h8,10-12,14H,2-7,9H2,1H3. The minimum absolute atomic E-state index is 0.302. The summed E-state index contributed by atoms with van der Waals surface area (Å²) in [5, 5.41) is 3.44. The van der Waals surface area contributed by atoms with Gasteiger partial charge < -0.3 is 5.32 Å². The van der Waals surface area contributed by atoms with Crippen molar-refractivity contribution in [3.63, 3.8) is 0 Å². The Labute approximate surface area is 119 Å². The van der Waals surface area contributed by atoms with Gasteiger partial charge in [0.2, 0.25) is 0 Å². The molecule has 0 aliphatic carbocycles. The van der Waals surface area contributed by atoms with Gasteiger partial charge in [-0.1, -0.05) is 6.92 Å². The summed E-state index contributed by atoms with van der Waals surface area (Å²) in [6.07, 6.45) is 4.78. The fourth-order valence-corrected chi connectivity index (χ4v) is 5.28. The van der Waals surface area contributed by atoms with E-state index in [0.717, 1.165) is 32.4 Å². The molecule has 2 rings (SSSR count). The van der Waals surface area contributed by atoms with E-state index in [1.54, 1.807) is 11.3 Å². The lowest BCUT2D eigenvalue weighted by atomic mass is 9.88. The Kier molecular flexibility index (Phi) is 5.36. The maximum atomic E-state index is 11.6. The Morgan fingerprint density at radius 2 is 2.42 bits per heavy atom. The van der Waals surface area contributed by atoms with Crippen LogP contribution in [-0.4, -0.2) is 38.0 Å². The minimum Gasteiger partial charge on any atom is -0.316 e. The molecule has 2 atom stereocenters. The summed E-state index contributed by atoms with van der Waals surface area (Å²) in [4.78, 5) is 5.36. The average molecular weight is 302 g/mol. The van der Waals surface area contributed by atoms with Crippen molar-refractivity contribution in [1.82, 2.24) is 10.3 Å². The zero-order valence-electron chi connectivity index (χ0n) is 11.3.